The van der Waals surface area contributed by atoms with Crippen molar-refractivity contribution in [1.82, 2.24) is 10.3 Å². The number of fused-ring (bicyclic) bond motifs is 1. The molecule has 98 valence electrons. The van der Waals surface area contributed by atoms with Crippen LogP contribution in [0.5, 0.6) is 5.75 Å². The van der Waals surface area contributed by atoms with Crippen LogP contribution in [0, 0.1) is 0 Å². The van der Waals surface area contributed by atoms with Gasteiger partial charge in [0.25, 0.3) is 11.5 Å². The highest BCUT2D eigenvalue weighted by molar-refractivity contribution is 5.97. The molecule has 0 radical (unpaired) electrons. The fraction of sp³-hybridized carbons (Fsp3) is 0.286. The van der Waals surface area contributed by atoms with E-state index in [4.69, 9.17) is 4.74 Å². The number of aromatic amines is 1. The summed E-state index contributed by atoms with van der Waals surface area (Å²) in [6, 6.07) is 7.15. The Morgan fingerprint density at radius 3 is 2.84 bits per heavy atom. The van der Waals surface area contributed by atoms with Crippen LogP contribution >= 0.6 is 0 Å². The topological polar surface area (TPSA) is 71.2 Å². The monoisotopic (exact) mass is 258 g/mol. The van der Waals surface area contributed by atoms with Gasteiger partial charge in [0.2, 0.25) is 0 Å². The first kappa shape index (κ1) is 11.8. The number of carbonyl (C=O) groups excluding carboxylic acids is 1. The van der Waals surface area contributed by atoms with Crippen LogP contribution in [0.4, 0.5) is 0 Å². The van der Waals surface area contributed by atoms with Crippen molar-refractivity contribution in [2.75, 3.05) is 7.11 Å². The van der Waals surface area contributed by atoms with Gasteiger partial charge in [-0.05, 0) is 37.1 Å². The zero-order valence-electron chi connectivity index (χ0n) is 10.5. The highest BCUT2D eigenvalue weighted by atomic mass is 16.5. The van der Waals surface area contributed by atoms with Crippen molar-refractivity contribution in [1.29, 1.82) is 0 Å². The fourth-order valence-corrected chi connectivity index (χ4v) is 1.97. The molecule has 0 spiro atoms. The van der Waals surface area contributed by atoms with Gasteiger partial charge in [-0.3, -0.25) is 9.59 Å². The summed E-state index contributed by atoms with van der Waals surface area (Å²) >= 11 is 0. The molecule has 2 aromatic rings. The Kier molecular flexibility index (Phi) is 2.74. The van der Waals surface area contributed by atoms with Crippen molar-refractivity contribution in [2.45, 2.75) is 18.9 Å². The molecule has 0 atom stereocenters. The van der Waals surface area contributed by atoms with Crippen LogP contribution in [0.3, 0.4) is 0 Å². The molecule has 3 rings (SSSR count). The summed E-state index contributed by atoms with van der Waals surface area (Å²) in [5.41, 5.74) is 0.470. The van der Waals surface area contributed by atoms with Crippen molar-refractivity contribution < 1.29 is 9.53 Å². The van der Waals surface area contributed by atoms with E-state index in [2.05, 4.69) is 10.3 Å². The number of nitrogens with one attached hydrogen (secondary N) is 2. The molecule has 1 aromatic carbocycles. The van der Waals surface area contributed by atoms with Gasteiger partial charge < -0.3 is 15.0 Å². The van der Waals surface area contributed by atoms with Crippen molar-refractivity contribution in [3.63, 3.8) is 0 Å². The van der Waals surface area contributed by atoms with Gasteiger partial charge >= 0.3 is 0 Å². The summed E-state index contributed by atoms with van der Waals surface area (Å²) in [6.07, 6.45) is 1.98. The van der Waals surface area contributed by atoms with E-state index >= 15 is 0 Å². The molecule has 0 unspecified atom stereocenters. The first-order valence-corrected chi connectivity index (χ1v) is 6.19. The first-order chi connectivity index (χ1) is 9.17. The second-order valence-electron chi connectivity index (χ2n) is 4.71. The summed E-state index contributed by atoms with van der Waals surface area (Å²) in [7, 11) is 1.58. The molecule has 0 bridgehead atoms. The Bertz CT molecular complexity index is 701. The largest absolute Gasteiger partial charge is 0.497 e. The second kappa shape index (κ2) is 4.42. The minimum atomic E-state index is -0.365. The van der Waals surface area contributed by atoms with Crippen molar-refractivity contribution in [2.24, 2.45) is 0 Å². The highest BCUT2D eigenvalue weighted by Gasteiger charge is 2.25. The average molecular weight is 258 g/mol. The molecule has 5 nitrogen and oxygen atoms in total. The van der Waals surface area contributed by atoms with E-state index in [1.807, 2.05) is 0 Å². The number of rotatable bonds is 3. The van der Waals surface area contributed by atoms with E-state index in [-0.39, 0.29) is 23.1 Å². The zero-order valence-corrected chi connectivity index (χ0v) is 10.5. The Hall–Kier alpha value is -2.30. The summed E-state index contributed by atoms with van der Waals surface area (Å²) in [4.78, 5) is 26.5. The van der Waals surface area contributed by atoms with Gasteiger partial charge in [0.1, 0.15) is 11.3 Å². The van der Waals surface area contributed by atoms with Gasteiger partial charge in [-0.25, -0.2) is 0 Å². The molecule has 19 heavy (non-hydrogen) atoms. The molecule has 1 aliphatic carbocycles. The minimum absolute atomic E-state index is 0.146. The smallest absolute Gasteiger partial charge is 0.261 e. The molecule has 5 heteroatoms. The molecule has 1 heterocycles. The van der Waals surface area contributed by atoms with E-state index < -0.39 is 0 Å². The lowest BCUT2D eigenvalue weighted by atomic mass is 10.1. The zero-order chi connectivity index (χ0) is 13.4. The lowest BCUT2D eigenvalue weighted by Gasteiger charge is -2.06. The minimum Gasteiger partial charge on any atom is -0.497 e. The van der Waals surface area contributed by atoms with Crippen LogP contribution in [0.15, 0.2) is 29.1 Å². The van der Waals surface area contributed by atoms with Gasteiger partial charge in [-0.15, -0.1) is 0 Å². The van der Waals surface area contributed by atoms with Crippen molar-refractivity contribution >= 4 is 16.8 Å². The second-order valence-corrected chi connectivity index (χ2v) is 4.71. The number of hydrogen-bond donors (Lipinski definition) is 2. The SMILES string of the molecule is COc1ccc2[nH]c(=O)c(C(=O)NC3CC3)cc2c1. The maximum Gasteiger partial charge on any atom is 0.261 e. The van der Waals surface area contributed by atoms with Crippen LogP contribution in [0.1, 0.15) is 23.2 Å². The lowest BCUT2D eigenvalue weighted by molar-refractivity contribution is 0.0949. The summed E-state index contributed by atoms with van der Waals surface area (Å²) in [5, 5.41) is 3.59. The van der Waals surface area contributed by atoms with Crippen LogP contribution < -0.4 is 15.6 Å². The van der Waals surface area contributed by atoms with Gasteiger partial charge in [0.05, 0.1) is 7.11 Å². The van der Waals surface area contributed by atoms with Crippen LogP contribution in [-0.4, -0.2) is 24.0 Å². The Morgan fingerprint density at radius 1 is 1.37 bits per heavy atom. The maximum absolute atomic E-state index is 12.0. The van der Waals surface area contributed by atoms with Crippen LogP contribution in [0.25, 0.3) is 10.9 Å². The average Bonchev–Trinajstić information content (AvgIpc) is 3.21. The predicted molar refractivity (Wildman–Crippen MR) is 71.6 cm³/mol. The molecular formula is C14H14N2O3. The van der Waals surface area contributed by atoms with Crippen molar-refractivity contribution in [3.05, 3.63) is 40.2 Å². The van der Waals surface area contributed by atoms with E-state index in [1.165, 1.54) is 0 Å². The number of pyridine rings is 1. The van der Waals surface area contributed by atoms with E-state index in [9.17, 15) is 9.59 Å². The quantitative estimate of drug-likeness (QED) is 0.874. The molecule has 1 amide bonds. The van der Waals surface area contributed by atoms with E-state index in [0.29, 0.717) is 11.3 Å². The molecule has 0 saturated heterocycles. The molecule has 1 saturated carbocycles. The standard InChI is InChI=1S/C14H14N2O3/c1-19-10-4-5-12-8(6-10)7-11(14(18)16-12)13(17)15-9-2-3-9/h4-7,9H,2-3H2,1H3,(H,15,17)(H,16,18). The maximum atomic E-state index is 12.0. The number of carbonyl (C=O) groups is 1. The number of benzene rings is 1. The van der Waals surface area contributed by atoms with Gasteiger partial charge in [0, 0.05) is 16.9 Å². The normalized spacial score (nSPS) is 14.4. The van der Waals surface area contributed by atoms with E-state index in [1.54, 1.807) is 31.4 Å². The van der Waals surface area contributed by atoms with E-state index in [0.717, 1.165) is 18.2 Å². The summed E-state index contributed by atoms with van der Waals surface area (Å²) in [6.45, 7) is 0. The molecule has 1 aromatic heterocycles. The van der Waals surface area contributed by atoms with Crippen LogP contribution in [-0.2, 0) is 0 Å². The molecule has 0 aliphatic heterocycles. The molecular weight excluding hydrogens is 244 g/mol. The summed E-state index contributed by atoms with van der Waals surface area (Å²) < 4.78 is 5.13. The Morgan fingerprint density at radius 2 is 2.16 bits per heavy atom. The fourth-order valence-electron chi connectivity index (χ4n) is 1.97. The number of aromatic nitrogens is 1. The number of H-pyrrole nitrogens is 1. The summed E-state index contributed by atoms with van der Waals surface area (Å²) in [5.74, 6) is 0.376. The first-order valence-electron chi connectivity index (χ1n) is 6.19. The van der Waals surface area contributed by atoms with Gasteiger partial charge in [0.15, 0.2) is 0 Å². The third-order valence-electron chi connectivity index (χ3n) is 3.21. The van der Waals surface area contributed by atoms with Crippen molar-refractivity contribution in [3.8, 4) is 5.75 Å². The third kappa shape index (κ3) is 2.31. The van der Waals surface area contributed by atoms with Crippen LogP contribution in [0.2, 0.25) is 0 Å². The van der Waals surface area contributed by atoms with Gasteiger partial charge in [-0.1, -0.05) is 0 Å². The number of hydrogen-bond acceptors (Lipinski definition) is 3. The Labute approximate surface area is 109 Å². The number of ether oxygens (including phenoxy) is 1. The van der Waals surface area contributed by atoms with Gasteiger partial charge in [-0.2, -0.15) is 0 Å². The predicted octanol–water partition coefficient (Wildman–Crippen LogP) is 1.43. The highest BCUT2D eigenvalue weighted by Crippen LogP contribution is 2.21. The molecule has 2 N–H and O–H groups in total. The molecule has 1 aliphatic rings. The third-order valence-corrected chi connectivity index (χ3v) is 3.21. The number of methoxy groups -OCH3 is 1. The Balaban J connectivity index is 2.05. The lowest BCUT2D eigenvalue weighted by Crippen LogP contribution is -2.30. The number of amides is 1. The molecule has 1 fully saturated rings.